The maximum Gasteiger partial charge on any atom is 0.292 e. The molecule has 0 unspecified atom stereocenters. The molecule has 26 heavy (non-hydrogen) atoms. The topological polar surface area (TPSA) is 78.3 Å². The molecule has 7 nitrogen and oxygen atoms in total. The van der Waals surface area contributed by atoms with Crippen molar-refractivity contribution in [2.24, 2.45) is 0 Å². The molecule has 0 radical (unpaired) electrons. The fourth-order valence-corrected chi connectivity index (χ4v) is 3.52. The van der Waals surface area contributed by atoms with Crippen LogP contribution in [0.5, 0.6) is 0 Å². The predicted octanol–water partition coefficient (Wildman–Crippen LogP) is 2.39. The zero-order valence-electron chi connectivity index (χ0n) is 14.5. The van der Waals surface area contributed by atoms with Gasteiger partial charge in [0.15, 0.2) is 0 Å². The summed E-state index contributed by atoms with van der Waals surface area (Å²) in [4.78, 5) is 24.8. The molecule has 1 saturated heterocycles. The highest BCUT2D eigenvalue weighted by Crippen LogP contribution is 2.39. The van der Waals surface area contributed by atoms with Crippen LogP contribution in [0.15, 0.2) is 34.9 Å². The third-order valence-electron chi connectivity index (χ3n) is 5.21. The predicted molar refractivity (Wildman–Crippen MR) is 95.8 cm³/mol. The number of nitrogens with zero attached hydrogens (tertiary/aromatic N) is 4. The third-order valence-corrected chi connectivity index (χ3v) is 5.21. The molecule has 2 aliphatic rings. The number of benzene rings is 1. The fraction of sp³-hybridized carbons (Fsp3) is 0.421. The highest BCUT2D eigenvalue weighted by Gasteiger charge is 2.30. The number of para-hydroxylation sites is 2. The lowest BCUT2D eigenvalue weighted by Gasteiger charge is -2.33. The van der Waals surface area contributed by atoms with Crippen LogP contribution in [0.3, 0.4) is 0 Å². The van der Waals surface area contributed by atoms with Gasteiger partial charge in [0.05, 0.1) is 23.3 Å². The van der Waals surface area contributed by atoms with Gasteiger partial charge in [0.1, 0.15) is 5.82 Å². The van der Waals surface area contributed by atoms with E-state index in [0.717, 1.165) is 55.0 Å². The first-order chi connectivity index (χ1) is 12.8. The molecule has 2 fully saturated rings. The molecule has 2 aromatic heterocycles. The van der Waals surface area contributed by atoms with E-state index in [-0.39, 0.29) is 5.91 Å². The first kappa shape index (κ1) is 15.6. The van der Waals surface area contributed by atoms with Gasteiger partial charge in [-0.25, -0.2) is 4.98 Å². The number of hydrogen-bond acceptors (Lipinski definition) is 5. The van der Waals surface area contributed by atoms with E-state index in [1.165, 1.54) is 0 Å². The minimum Gasteiger partial charge on any atom is -0.351 e. The average molecular weight is 351 g/mol. The first-order valence-corrected chi connectivity index (χ1v) is 9.18. The van der Waals surface area contributed by atoms with Gasteiger partial charge in [0.25, 0.3) is 5.91 Å². The normalized spacial score (nSPS) is 18.5. The molecule has 0 atom stereocenters. The van der Waals surface area contributed by atoms with Gasteiger partial charge in [0.2, 0.25) is 5.76 Å². The van der Waals surface area contributed by atoms with E-state index in [1.807, 2.05) is 35.2 Å². The second-order valence-corrected chi connectivity index (χ2v) is 7.16. The van der Waals surface area contributed by atoms with Crippen LogP contribution in [0.1, 0.15) is 40.8 Å². The van der Waals surface area contributed by atoms with Gasteiger partial charge in [-0.15, -0.1) is 0 Å². The maximum absolute atomic E-state index is 12.6. The number of carbonyl (C=O) groups excluding carboxylic acids is 1. The third kappa shape index (κ3) is 2.99. The van der Waals surface area contributed by atoms with Crippen molar-refractivity contribution in [2.75, 3.05) is 26.2 Å². The quantitative estimate of drug-likeness (QED) is 0.781. The SMILES string of the molecule is O=C(c1cc(C2CC2)no1)N1CCN(Cc2nc3ccccc3[nH]2)CC1. The van der Waals surface area contributed by atoms with E-state index in [2.05, 4.69) is 20.0 Å². The lowest BCUT2D eigenvalue weighted by atomic mass is 10.2. The molecular weight excluding hydrogens is 330 g/mol. The minimum atomic E-state index is -0.0483. The summed E-state index contributed by atoms with van der Waals surface area (Å²) in [5, 5.41) is 4.04. The molecular formula is C19H21N5O2. The van der Waals surface area contributed by atoms with Crippen molar-refractivity contribution in [2.45, 2.75) is 25.3 Å². The number of fused-ring (bicyclic) bond motifs is 1. The number of rotatable bonds is 4. The van der Waals surface area contributed by atoms with Gasteiger partial charge in [-0.05, 0) is 25.0 Å². The van der Waals surface area contributed by atoms with E-state index in [0.29, 0.717) is 24.8 Å². The molecule has 134 valence electrons. The zero-order chi connectivity index (χ0) is 17.5. The summed E-state index contributed by atoms with van der Waals surface area (Å²) in [5.41, 5.74) is 2.98. The van der Waals surface area contributed by atoms with Crippen LogP contribution in [-0.2, 0) is 6.54 Å². The molecule has 1 amide bonds. The van der Waals surface area contributed by atoms with Gasteiger partial charge in [0, 0.05) is 38.2 Å². The second kappa shape index (κ2) is 6.25. The van der Waals surface area contributed by atoms with Crippen LogP contribution in [0.4, 0.5) is 0 Å². The number of carbonyl (C=O) groups is 1. The largest absolute Gasteiger partial charge is 0.351 e. The van der Waals surface area contributed by atoms with Gasteiger partial charge in [-0.1, -0.05) is 17.3 Å². The highest BCUT2D eigenvalue weighted by atomic mass is 16.5. The Morgan fingerprint density at radius 2 is 2.00 bits per heavy atom. The van der Waals surface area contributed by atoms with E-state index in [9.17, 15) is 4.79 Å². The molecule has 1 aromatic carbocycles. The summed E-state index contributed by atoms with van der Waals surface area (Å²) >= 11 is 0. The smallest absolute Gasteiger partial charge is 0.292 e. The molecule has 7 heteroatoms. The van der Waals surface area contributed by atoms with Crippen LogP contribution in [0.25, 0.3) is 11.0 Å². The molecule has 3 aromatic rings. The second-order valence-electron chi connectivity index (χ2n) is 7.16. The number of imidazole rings is 1. The van der Waals surface area contributed by atoms with Crippen molar-refractivity contribution >= 4 is 16.9 Å². The van der Waals surface area contributed by atoms with Gasteiger partial charge >= 0.3 is 0 Å². The molecule has 0 spiro atoms. The summed E-state index contributed by atoms with van der Waals surface area (Å²) in [6, 6.07) is 9.87. The standard InChI is InChI=1S/C19H21N5O2/c25-19(17-11-16(22-26-17)13-5-6-13)24-9-7-23(8-10-24)12-18-20-14-3-1-2-4-15(14)21-18/h1-4,11,13H,5-10,12H2,(H,20,21). The summed E-state index contributed by atoms with van der Waals surface area (Å²) in [6.07, 6.45) is 2.31. The molecule has 5 rings (SSSR count). The molecule has 1 aliphatic heterocycles. The van der Waals surface area contributed by atoms with Crippen molar-refractivity contribution in [3.63, 3.8) is 0 Å². The number of nitrogens with one attached hydrogen (secondary N) is 1. The van der Waals surface area contributed by atoms with Gasteiger partial charge in [-0.2, -0.15) is 0 Å². The number of aromatic nitrogens is 3. The number of hydrogen-bond donors (Lipinski definition) is 1. The van der Waals surface area contributed by atoms with E-state index in [4.69, 9.17) is 4.52 Å². The minimum absolute atomic E-state index is 0.0483. The Balaban J connectivity index is 1.19. The lowest BCUT2D eigenvalue weighted by Crippen LogP contribution is -2.48. The average Bonchev–Trinajstić information content (AvgIpc) is 3.25. The van der Waals surface area contributed by atoms with Crippen molar-refractivity contribution in [3.05, 3.63) is 47.6 Å². The zero-order valence-corrected chi connectivity index (χ0v) is 14.5. The first-order valence-electron chi connectivity index (χ1n) is 9.18. The Morgan fingerprint density at radius 1 is 1.19 bits per heavy atom. The van der Waals surface area contributed by atoms with E-state index >= 15 is 0 Å². The van der Waals surface area contributed by atoms with Crippen molar-refractivity contribution in [1.82, 2.24) is 24.9 Å². The van der Waals surface area contributed by atoms with Crippen LogP contribution < -0.4 is 0 Å². The molecule has 3 heterocycles. The Bertz CT molecular complexity index is 901. The Hall–Kier alpha value is -2.67. The monoisotopic (exact) mass is 351 g/mol. The van der Waals surface area contributed by atoms with Crippen molar-refractivity contribution < 1.29 is 9.32 Å². The summed E-state index contributed by atoms with van der Waals surface area (Å²) in [7, 11) is 0. The summed E-state index contributed by atoms with van der Waals surface area (Å²) in [6.45, 7) is 3.81. The summed E-state index contributed by atoms with van der Waals surface area (Å²) < 4.78 is 5.27. The van der Waals surface area contributed by atoms with Crippen LogP contribution in [-0.4, -0.2) is 57.0 Å². The van der Waals surface area contributed by atoms with Crippen molar-refractivity contribution in [3.8, 4) is 0 Å². The van der Waals surface area contributed by atoms with Crippen LogP contribution in [0.2, 0.25) is 0 Å². The van der Waals surface area contributed by atoms with Crippen molar-refractivity contribution in [1.29, 1.82) is 0 Å². The molecule has 0 bridgehead atoms. The van der Waals surface area contributed by atoms with Crippen LogP contribution >= 0.6 is 0 Å². The fourth-order valence-electron chi connectivity index (χ4n) is 3.52. The van der Waals surface area contributed by atoms with E-state index in [1.54, 1.807) is 0 Å². The Morgan fingerprint density at radius 3 is 2.77 bits per heavy atom. The number of piperazine rings is 1. The summed E-state index contributed by atoms with van der Waals surface area (Å²) in [5.74, 6) is 1.79. The van der Waals surface area contributed by atoms with Gasteiger partial charge in [-0.3, -0.25) is 9.69 Å². The maximum atomic E-state index is 12.6. The van der Waals surface area contributed by atoms with Crippen LogP contribution in [0, 0.1) is 0 Å². The highest BCUT2D eigenvalue weighted by molar-refractivity contribution is 5.91. The van der Waals surface area contributed by atoms with E-state index < -0.39 is 0 Å². The molecule has 1 aliphatic carbocycles. The molecule has 1 N–H and O–H groups in total. The Kier molecular flexibility index (Phi) is 3.74. The Labute approximate surface area is 151 Å². The lowest BCUT2D eigenvalue weighted by molar-refractivity contribution is 0.0586. The van der Waals surface area contributed by atoms with Gasteiger partial charge < -0.3 is 14.4 Å². The number of amides is 1. The molecule has 1 saturated carbocycles. The number of H-pyrrole nitrogens is 1. The number of aromatic amines is 1.